The Kier molecular flexibility index (Phi) is 3.33. The van der Waals surface area contributed by atoms with Crippen LogP contribution in [0.4, 0.5) is 22.0 Å². The van der Waals surface area contributed by atoms with Crippen molar-refractivity contribution < 1.29 is 26.7 Å². The molecule has 1 nitrogen and oxygen atoms in total. The van der Waals surface area contributed by atoms with Crippen LogP contribution >= 0.6 is 0 Å². The molecule has 2 rings (SSSR count). The molecule has 0 bridgehead atoms. The molecule has 0 aliphatic rings. The van der Waals surface area contributed by atoms with Gasteiger partial charge in [0.25, 0.3) is 0 Å². The Morgan fingerprint density at radius 3 is 1.89 bits per heavy atom. The maximum Gasteiger partial charge on any atom is 0.196 e. The Bertz CT molecular complexity index is 643. The van der Waals surface area contributed by atoms with E-state index in [1.54, 1.807) is 0 Å². The second kappa shape index (κ2) is 4.79. The summed E-state index contributed by atoms with van der Waals surface area (Å²) in [6.07, 6.45) is 0. The first kappa shape index (κ1) is 13.2. The zero-order chi connectivity index (χ0) is 14.2. The summed E-state index contributed by atoms with van der Waals surface area (Å²) in [6, 6.07) is 3.02. The zero-order valence-corrected chi connectivity index (χ0v) is 9.18. The Hall–Kier alpha value is -2.24. The van der Waals surface area contributed by atoms with Gasteiger partial charge in [0.05, 0.1) is 5.56 Å². The Balaban J connectivity index is 2.50. The SMILES string of the molecule is O=C(c1cc(F)c(F)c(F)c1)c1ccc(F)cc1F. The fourth-order valence-electron chi connectivity index (χ4n) is 1.52. The largest absolute Gasteiger partial charge is 0.288 e. The molecular weight excluding hydrogens is 267 g/mol. The number of ketones is 1. The smallest absolute Gasteiger partial charge is 0.196 e. The van der Waals surface area contributed by atoms with Gasteiger partial charge in [0.2, 0.25) is 0 Å². The summed E-state index contributed by atoms with van der Waals surface area (Å²) in [5.74, 6) is -8.00. The highest BCUT2D eigenvalue weighted by atomic mass is 19.2. The number of halogens is 5. The monoisotopic (exact) mass is 272 g/mol. The third kappa shape index (κ3) is 2.47. The van der Waals surface area contributed by atoms with Crippen molar-refractivity contribution in [3.63, 3.8) is 0 Å². The number of benzene rings is 2. The summed E-state index contributed by atoms with van der Waals surface area (Å²) < 4.78 is 64.7. The van der Waals surface area contributed by atoms with Crippen molar-refractivity contribution in [3.05, 3.63) is 70.5 Å². The van der Waals surface area contributed by atoms with Crippen LogP contribution in [0.5, 0.6) is 0 Å². The standard InChI is InChI=1S/C13H5F5O/c14-7-1-2-8(9(15)5-7)13(19)6-3-10(16)12(18)11(17)4-6/h1-5H. The van der Waals surface area contributed by atoms with Gasteiger partial charge >= 0.3 is 0 Å². The maximum atomic E-state index is 13.3. The fourth-order valence-corrected chi connectivity index (χ4v) is 1.52. The average molecular weight is 272 g/mol. The summed E-state index contributed by atoms with van der Waals surface area (Å²) >= 11 is 0. The normalized spacial score (nSPS) is 10.6. The summed E-state index contributed by atoms with van der Waals surface area (Å²) in [7, 11) is 0. The van der Waals surface area contributed by atoms with Gasteiger partial charge in [-0.2, -0.15) is 0 Å². The van der Waals surface area contributed by atoms with E-state index >= 15 is 0 Å². The molecule has 0 N–H and O–H groups in total. The topological polar surface area (TPSA) is 17.1 Å². The number of carbonyl (C=O) groups excluding carboxylic acids is 1. The van der Waals surface area contributed by atoms with E-state index < -0.39 is 46.0 Å². The van der Waals surface area contributed by atoms with Gasteiger partial charge in [-0.15, -0.1) is 0 Å². The van der Waals surface area contributed by atoms with E-state index in [-0.39, 0.29) is 0 Å². The molecule has 2 aromatic carbocycles. The lowest BCUT2D eigenvalue weighted by Crippen LogP contribution is -2.07. The molecule has 0 amide bonds. The quantitative estimate of drug-likeness (QED) is 0.463. The molecule has 0 spiro atoms. The van der Waals surface area contributed by atoms with Crippen LogP contribution in [-0.4, -0.2) is 5.78 Å². The molecular formula is C13H5F5O. The van der Waals surface area contributed by atoms with Gasteiger partial charge in [-0.05, 0) is 24.3 Å². The van der Waals surface area contributed by atoms with Crippen molar-refractivity contribution in [1.29, 1.82) is 0 Å². The molecule has 0 radical (unpaired) electrons. The van der Waals surface area contributed by atoms with Crippen molar-refractivity contribution >= 4 is 5.78 Å². The molecule has 98 valence electrons. The van der Waals surface area contributed by atoms with E-state index in [0.717, 1.165) is 12.1 Å². The average Bonchev–Trinajstić information content (AvgIpc) is 2.34. The molecule has 0 aromatic heterocycles. The summed E-state index contributed by atoms with van der Waals surface area (Å²) in [5.41, 5.74) is -1.13. The van der Waals surface area contributed by atoms with Gasteiger partial charge in [-0.3, -0.25) is 4.79 Å². The molecule has 0 fully saturated rings. The van der Waals surface area contributed by atoms with Gasteiger partial charge < -0.3 is 0 Å². The second-order valence-electron chi connectivity index (χ2n) is 3.71. The first-order chi connectivity index (χ1) is 8.90. The summed E-state index contributed by atoms with van der Waals surface area (Å²) in [4.78, 5) is 11.8. The molecule has 6 heteroatoms. The van der Waals surface area contributed by atoms with Crippen LogP contribution in [0.1, 0.15) is 15.9 Å². The van der Waals surface area contributed by atoms with Gasteiger partial charge in [0.1, 0.15) is 11.6 Å². The minimum atomic E-state index is -1.73. The van der Waals surface area contributed by atoms with Crippen molar-refractivity contribution in [2.45, 2.75) is 0 Å². The Morgan fingerprint density at radius 1 is 0.789 bits per heavy atom. The van der Waals surface area contributed by atoms with E-state index in [2.05, 4.69) is 0 Å². The summed E-state index contributed by atoms with van der Waals surface area (Å²) in [6.45, 7) is 0. The van der Waals surface area contributed by atoms with Crippen LogP contribution in [0.15, 0.2) is 30.3 Å². The fraction of sp³-hybridized carbons (Fsp3) is 0. The molecule has 0 unspecified atom stereocenters. The molecule has 0 heterocycles. The second-order valence-corrected chi connectivity index (χ2v) is 3.71. The van der Waals surface area contributed by atoms with Crippen LogP contribution in [0, 0.1) is 29.1 Å². The number of hydrogen-bond donors (Lipinski definition) is 0. The van der Waals surface area contributed by atoms with Gasteiger partial charge in [-0.1, -0.05) is 0 Å². The van der Waals surface area contributed by atoms with E-state index in [9.17, 15) is 26.7 Å². The number of carbonyl (C=O) groups is 1. The van der Waals surface area contributed by atoms with Crippen molar-refractivity contribution in [1.82, 2.24) is 0 Å². The predicted octanol–water partition coefficient (Wildman–Crippen LogP) is 3.61. The number of rotatable bonds is 2. The van der Waals surface area contributed by atoms with Crippen molar-refractivity contribution in [2.75, 3.05) is 0 Å². The predicted molar refractivity (Wildman–Crippen MR) is 56.1 cm³/mol. The molecule has 0 aliphatic heterocycles. The van der Waals surface area contributed by atoms with Gasteiger partial charge in [0, 0.05) is 11.6 Å². The molecule has 0 atom stereocenters. The van der Waals surface area contributed by atoms with E-state index in [1.165, 1.54) is 0 Å². The lowest BCUT2D eigenvalue weighted by Gasteiger charge is -2.04. The van der Waals surface area contributed by atoms with E-state index in [0.29, 0.717) is 18.2 Å². The lowest BCUT2D eigenvalue weighted by molar-refractivity contribution is 0.103. The van der Waals surface area contributed by atoms with Crippen LogP contribution < -0.4 is 0 Å². The van der Waals surface area contributed by atoms with E-state index in [1.807, 2.05) is 0 Å². The molecule has 0 aliphatic carbocycles. The van der Waals surface area contributed by atoms with E-state index in [4.69, 9.17) is 0 Å². The third-order valence-electron chi connectivity index (χ3n) is 2.42. The molecule has 19 heavy (non-hydrogen) atoms. The Labute approximate surface area is 104 Å². The summed E-state index contributed by atoms with van der Waals surface area (Å²) in [5, 5.41) is 0. The molecule has 0 saturated carbocycles. The number of hydrogen-bond acceptors (Lipinski definition) is 1. The highest BCUT2D eigenvalue weighted by Gasteiger charge is 2.19. The molecule has 2 aromatic rings. The first-order valence-corrected chi connectivity index (χ1v) is 5.04. The van der Waals surface area contributed by atoms with Crippen LogP contribution in [-0.2, 0) is 0 Å². The van der Waals surface area contributed by atoms with Gasteiger partial charge in [-0.25, -0.2) is 22.0 Å². The van der Waals surface area contributed by atoms with Crippen LogP contribution in [0.2, 0.25) is 0 Å². The molecule has 0 saturated heterocycles. The maximum absolute atomic E-state index is 13.3. The minimum Gasteiger partial charge on any atom is -0.288 e. The highest BCUT2D eigenvalue weighted by Crippen LogP contribution is 2.19. The van der Waals surface area contributed by atoms with Crippen LogP contribution in [0.25, 0.3) is 0 Å². The highest BCUT2D eigenvalue weighted by molar-refractivity contribution is 6.09. The Morgan fingerprint density at radius 2 is 1.37 bits per heavy atom. The first-order valence-electron chi connectivity index (χ1n) is 5.04. The lowest BCUT2D eigenvalue weighted by atomic mass is 10.0. The zero-order valence-electron chi connectivity index (χ0n) is 9.18. The van der Waals surface area contributed by atoms with Crippen molar-refractivity contribution in [3.8, 4) is 0 Å². The van der Waals surface area contributed by atoms with Crippen molar-refractivity contribution in [2.24, 2.45) is 0 Å². The third-order valence-corrected chi connectivity index (χ3v) is 2.42. The van der Waals surface area contributed by atoms with Gasteiger partial charge in [0.15, 0.2) is 23.2 Å². The minimum absolute atomic E-state index is 0.448. The van der Waals surface area contributed by atoms with Crippen LogP contribution in [0.3, 0.4) is 0 Å².